The smallest absolute Gasteiger partial charge is 0.339 e. The highest BCUT2D eigenvalue weighted by Gasteiger charge is 2.78. The highest BCUT2D eigenvalue weighted by Crippen LogP contribution is 2.75. The number of benzene rings is 3. The molecule has 12 N–H and O–H groups in total. The number of halogens is 3. The fraction of sp³-hybridized carbons (Fsp3) is 0.569. The molecule has 15 unspecified atom stereocenters. The fourth-order valence-corrected chi connectivity index (χ4v) is 22.3. The number of ketones is 3. The van der Waals surface area contributed by atoms with E-state index in [-0.39, 0.29) is 186 Å². The van der Waals surface area contributed by atoms with E-state index in [2.05, 4.69) is 43.6 Å². The van der Waals surface area contributed by atoms with Crippen LogP contribution in [0.1, 0.15) is 140 Å². The van der Waals surface area contributed by atoms with Gasteiger partial charge in [0.15, 0.2) is 23.1 Å². The Bertz CT molecular complexity index is 3910. The third-order valence-electron chi connectivity index (χ3n) is 25.1. The number of aromatic carboxylic acids is 1. The number of carbonyl (C=O) groups is 7. The second-order valence-corrected chi connectivity index (χ2v) is 32.4. The molecule has 15 aliphatic rings. The number of phenols is 6. The molecule has 0 aromatic heterocycles. The van der Waals surface area contributed by atoms with Gasteiger partial charge in [-0.05, 0) is 162 Å². The van der Waals surface area contributed by atoms with Crippen LogP contribution in [0, 0.1) is 81.8 Å². The topological polar surface area (TPSA) is 359 Å². The molecule has 3 aromatic carbocycles. The number of aryl methyl sites for hydroxylation is 2. The molecule has 12 fully saturated rings. The second-order valence-electron chi connectivity index (χ2n) is 30.9. The van der Waals surface area contributed by atoms with Gasteiger partial charge in [0.1, 0.15) is 51.4 Å². The van der Waals surface area contributed by atoms with Crippen molar-refractivity contribution in [3.8, 4) is 34.5 Å². The Labute approximate surface area is 570 Å². The molecule has 3 spiro atoms. The van der Waals surface area contributed by atoms with Crippen molar-refractivity contribution in [2.45, 2.75) is 184 Å². The summed E-state index contributed by atoms with van der Waals surface area (Å²) in [7, 11) is 0. The van der Waals surface area contributed by atoms with Crippen molar-refractivity contribution in [2.75, 3.05) is 16.4 Å². The summed E-state index contributed by atoms with van der Waals surface area (Å²) in [5, 5.41) is 81.3. The van der Waals surface area contributed by atoms with Crippen LogP contribution in [0.4, 0.5) is 17.1 Å². The average molecular weight is 1390 g/mol. The number of phenolic OH excluding ortho intramolecular Hbond substituents is 5. The number of nitrogens with one attached hydrogen (secondary N) is 2. The highest BCUT2D eigenvalue weighted by molar-refractivity contribution is 6.22. The van der Waals surface area contributed by atoms with Crippen molar-refractivity contribution in [1.29, 1.82) is 0 Å². The summed E-state index contributed by atoms with van der Waals surface area (Å²) in [6.07, 6.45) is 16.8. The predicted molar refractivity (Wildman–Crippen MR) is 354 cm³/mol. The number of aromatic hydroxyl groups is 6. The zero-order valence-corrected chi connectivity index (χ0v) is 57.0. The molecule has 3 aromatic rings. The van der Waals surface area contributed by atoms with E-state index in [1.54, 1.807) is 44.2 Å². The maximum absolute atomic E-state index is 13.1. The van der Waals surface area contributed by atoms with E-state index in [0.29, 0.717) is 29.9 Å². The normalized spacial score (nSPS) is 41.0. The molecule has 6 saturated carbocycles. The molecule has 24 heteroatoms. The van der Waals surface area contributed by atoms with Crippen LogP contribution >= 0.6 is 34.8 Å². The third-order valence-corrected chi connectivity index (χ3v) is 26.7. The molecule has 18 rings (SSSR count). The van der Waals surface area contributed by atoms with E-state index < -0.39 is 51.2 Å². The lowest BCUT2D eigenvalue weighted by Crippen LogP contribution is -2.58. The first-order valence-electron chi connectivity index (χ1n) is 32.8. The number of ether oxygens (including phenoxy) is 3. The monoisotopic (exact) mass is 1380 g/mol. The first kappa shape index (κ1) is 69.0. The summed E-state index contributed by atoms with van der Waals surface area (Å²) in [6, 6.07) is 8.17. The maximum atomic E-state index is 13.1. The van der Waals surface area contributed by atoms with Crippen molar-refractivity contribution in [3.05, 3.63) is 89.5 Å². The van der Waals surface area contributed by atoms with Crippen LogP contribution < -0.4 is 16.4 Å². The Hall–Kier alpha value is -6.88. The van der Waals surface area contributed by atoms with Gasteiger partial charge in [-0.1, -0.05) is 51.1 Å². The molecule has 6 heterocycles. The van der Waals surface area contributed by atoms with Gasteiger partial charge in [-0.25, -0.2) is 4.79 Å². The summed E-state index contributed by atoms with van der Waals surface area (Å²) in [5.74, 6) is -4.26. The molecule has 0 radical (unpaired) electrons. The lowest BCUT2D eigenvalue weighted by molar-refractivity contribution is -0.169. The number of hydrogen-bond acceptors (Lipinski definition) is 17. The molecule has 516 valence electrons. The van der Waals surface area contributed by atoms with Crippen molar-refractivity contribution >= 4 is 93.0 Å². The Balaban J connectivity index is 0.000000130. The number of hydrogen-bond donors (Lipinski definition) is 11. The number of alkyl halides is 3. The minimum absolute atomic E-state index is 0.00300. The molecule has 96 heavy (non-hydrogen) atoms. The number of carbonyl (C=O) groups excluding carboxylic acids is 5. The van der Waals surface area contributed by atoms with Crippen LogP contribution in [0.3, 0.4) is 0 Å². The molecule has 9 aliphatic carbocycles. The molecule has 6 saturated heterocycles. The molecular weight excluding hydrogens is 1300 g/mol. The lowest BCUT2D eigenvalue weighted by atomic mass is 9.51. The average Bonchev–Trinajstić information content (AvgIpc) is 1.51. The molecule has 2 amide bonds. The summed E-state index contributed by atoms with van der Waals surface area (Å²) >= 11 is 20.3. The van der Waals surface area contributed by atoms with Gasteiger partial charge in [0.2, 0.25) is 11.8 Å². The Kier molecular flexibility index (Phi) is 16.8. The number of nitrogens with two attached hydrogens (primary N) is 1. The summed E-state index contributed by atoms with van der Waals surface area (Å²) in [6.45, 7) is 15.5. The van der Waals surface area contributed by atoms with Crippen molar-refractivity contribution in [2.24, 2.45) is 68.0 Å². The predicted octanol–water partition coefficient (Wildman–Crippen LogP) is 11.3. The number of anilines is 3. The van der Waals surface area contributed by atoms with Gasteiger partial charge in [-0.3, -0.25) is 28.8 Å². The number of allylic oxidation sites excluding steroid dienone is 6. The quantitative estimate of drug-likeness (QED) is 0.0456. The lowest BCUT2D eigenvalue weighted by Gasteiger charge is -2.55. The maximum Gasteiger partial charge on any atom is 0.339 e. The SMILES string of the molecule is CC12CC34C=CC(=O)[C@@](C)(CCC(=O)Nc5c(O)ccc(C(=O)O)c5O)C3C(O1)[C@@H](Cl)C2C4.CC12CC34C=CC(=O)[C@@](C)(CCC(=O)O)C3C(O1)[C@@H](Cl)C2C4.Cc1ccc(O)c(N)c1O.Cc1ccc(O)c(NC(=O)CC[C@]2(C)C(=O)C=CC34CC5[C@H](Cl)C(OC5(C)C3)C42)c1O. The van der Waals surface area contributed by atoms with E-state index in [0.717, 1.165) is 50.7 Å². The largest absolute Gasteiger partial charge is 0.506 e. The number of carboxylic acid groups (broad SMARTS) is 2. The third kappa shape index (κ3) is 10.5. The molecule has 12 bridgehead atoms. The Morgan fingerprint density at radius 3 is 1.18 bits per heavy atom. The van der Waals surface area contributed by atoms with Crippen LogP contribution in [-0.2, 0) is 43.0 Å². The number of rotatable bonds is 12. The minimum atomic E-state index is -1.39. The number of nitrogen functional groups attached to an aromatic ring is 1. The van der Waals surface area contributed by atoms with Gasteiger partial charge in [-0.15, -0.1) is 34.8 Å². The van der Waals surface area contributed by atoms with Crippen molar-refractivity contribution in [3.63, 3.8) is 0 Å². The first-order chi connectivity index (χ1) is 44.8. The highest BCUT2D eigenvalue weighted by atomic mass is 35.5. The van der Waals surface area contributed by atoms with Crippen LogP contribution in [0.25, 0.3) is 0 Å². The summed E-state index contributed by atoms with van der Waals surface area (Å²) in [5.41, 5.74) is 2.33. The van der Waals surface area contributed by atoms with Gasteiger partial charge in [0.05, 0.1) is 51.2 Å². The van der Waals surface area contributed by atoms with Crippen LogP contribution in [0.15, 0.2) is 72.9 Å². The van der Waals surface area contributed by atoms with E-state index in [4.69, 9.17) is 75.2 Å². The van der Waals surface area contributed by atoms with Crippen LogP contribution in [0.2, 0.25) is 0 Å². The van der Waals surface area contributed by atoms with Crippen LogP contribution in [0.5, 0.6) is 34.5 Å². The van der Waals surface area contributed by atoms with Crippen LogP contribution in [-0.4, -0.2) is 133 Å². The zero-order valence-electron chi connectivity index (χ0n) is 54.7. The minimum Gasteiger partial charge on any atom is -0.506 e. The fourth-order valence-electron chi connectivity index (χ4n) is 20.6. The number of aliphatic carboxylic acids is 1. The Morgan fingerprint density at radius 1 is 0.500 bits per heavy atom. The molecular formula is C72H84Cl3N3O18. The van der Waals surface area contributed by atoms with Gasteiger partial charge in [-0.2, -0.15) is 0 Å². The van der Waals surface area contributed by atoms with E-state index in [9.17, 15) is 54.0 Å². The van der Waals surface area contributed by atoms with E-state index >= 15 is 0 Å². The first-order valence-corrected chi connectivity index (χ1v) is 34.1. The van der Waals surface area contributed by atoms with E-state index in [1.807, 2.05) is 26.8 Å². The van der Waals surface area contributed by atoms with Gasteiger partial charge in [0.25, 0.3) is 0 Å². The molecule has 21 atom stereocenters. The van der Waals surface area contributed by atoms with E-state index in [1.165, 1.54) is 12.1 Å². The van der Waals surface area contributed by atoms with Crippen molar-refractivity contribution in [1.82, 2.24) is 0 Å². The van der Waals surface area contributed by atoms with Crippen molar-refractivity contribution < 1.29 is 88.6 Å². The Morgan fingerprint density at radius 2 is 0.833 bits per heavy atom. The summed E-state index contributed by atoms with van der Waals surface area (Å²) in [4.78, 5) is 86.6. The van der Waals surface area contributed by atoms with Gasteiger partial charge < -0.3 is 71.4 Å². The number of amides is 2. The second kappa shape index (κ2) is 23.4. The van der Waals surface area contributed by atoms with Gasteiger partial charge in [0, 0.05) is 71.0 Å². The summed E-state index contributed by atoms with van der Waals surface area (Å²) < 4.78 is 19.1. The van der Waals surface area contributed by atoms with Gasteiger partial charge >= 0.3 is 11.9 Å². The standard InChI is InChI=1S/C24H26ClNO7.C24H28ClNO5.C17H21ClO4.C7H9NO2/c1-22(7-6-15(29)26-17-13(27)4-3-11(18(17)30)21(31)32)14(28)5-8-24-9-12-16(25)19(20(22)24)33-23(12,2)10-24;1-12-4-5-14(27)18(19(12)30)26-16(29)7-8-22(2)15(28)6-9-24-10-13-17(25)20(21(22)24)31-23(13,3)11-24;1-15(5-4-11(20)21)10(19)3-6-17-7-9-12(18)13(14(15)17)22-16(9,2)8-17;1-4-2-3-5(9)6(8)7(4)10/h3-5,8,12,16,19-20,27,30H,6-7,9-10H2,1-2H3,(H,26,29)(H,31,32);4-6,9,13,17,20-21,27,30H,7-8,10-11H2,1-3H3,(H,26,29);3,6,9,12-14H,4-5,7-8H2,1-2H3,(H,20,21);2-3,9-10H,8H2,1H3/t12?,16-,19?,20?,22+,23?,24?;13?,17-,20?,21?,22+,23?,24?;9?,12-,13?,14?,15+,16?,17?;/m000./s1. The number of carboxylic acids is 2. The zero-order chi connectivity index (χ0) is 69.9. The molecule has 6 aliphatic heterocycles. The molecule has 21 nitrogen and oxygen atoms in total.